The lowest BCUT2D eigenvalue weighted by molar-refractivity contribution is -0.123. The van der Waals surface area contributed by atoms with Crippen molar-refractivity contribution in [1.29, 1.82) is 0 Å². The van der Waals surface area contributed by atoms with Crippen molar-refractivity contribution in [2.75, 3.05) is 10.6 Å². The third-order valence-electron chi connectivity index (χ3n) is 3.33. The summed E-state index contributed by atoms with van der Waals surface area (Å²) < 4.78 is 1.41. The molecule has 0 saturated heterocycles. The van der Waals surface area contributed by atoms with Crippen molar-refractivity contribution in [2.45, 2.75) is 19.4 Å². The topological polar surface area (TPSA) is 88.9 Å². The summed E-state index contributed by atoms with van der Waals surface area (Å²) in [5.74, 6) is -0.218. The van der Waals surface area contributed by atoms with Crippen LogP contribution in [0.3, 0.4) is 0 Å². The number of carbonyl (C=O) groups excluding carboxylic acids is 2. The van der Waals surface area contributed by atoms with Gasteiger partial charge in [0, 0.05) is 10.7 Å². The zero-order chi connectivity index (χ0) is 15.0. The number of rotatable bonds is 3. The van der Waals surface area contributed by atoms with Gasteiger partial charge in [0.25, 0.3) is 5.91 Å². The molecule has 2 N–H and O–H groups in total. The van der Waals surface area contributed by atoms with Crippen LogP contribution in [0.2, 0.25) is 5.02 Å². The first-order chi connectivity index (χ1) is 10.1. The van der Waals surface area contributed by atoms with Crippen LogP contribution >= 0.6 is 11.6 Å². The summed E-state index contributed by atoms with van der Waals surface area (Å²) in [4.78, 5) is 27.8. The van der Waals surface area contributed by atoms with Crippen LogP contribution in [-0.4, -0.2) is 26.6 Å². The zero-order valence-electron chi connectivity index (χ0n) is 11.1. The summed E-state index contributed by atoms with van der Waals surface area (Å²) in [6.45, 7) is 1.82. The quantitative estimate of drug-likeness (QED) is 0.904. The summed E-state index contributed by atoms with van der Waals surface area (Å²) >= 11 is 6.01. The number of amides is 2. The van der Waals surface area contributed by atoms with Crippen LogP contribution in [0.4, 0.5) is 11.6 Å². The Labute approximate surface area is 125 Å². The first-order valence-corrected chi connectivity index (χ1v) is 6.69. The van der Waals surface area contributed by atoms with E-state index in [1.54, 1.807) is 18.2 Å². The SMILES string of the molecule is Cc1c(Cl)cccc1NC(=O)C[C@@H]1C(=O)Nc2ncnn21. The lowest BCUT2D eigenvalue weighted by Gasteiger charge is -2.12. The number of aromatic nitrogens is 3. The molecule has 2 amide bonds. The van der Waals surface area contributed by atoms with Crippen molar-refractivity contribution in [3.8, 4) is 0 Å². The molecule has 0 saturated carbocycles. The van der Waals surface area contributed by atoms with E-state index in [-0.39, 0.29) is 18.2 Å². The van der Waals surface area contributed by atoms with Gasteiger partial charge >= 0.3 is 0 Å². The van der Waals surface area contributed by atoms with E-state index in [4.69, 9.17) is 11.6 Å². The fourth-order valence-electron chi connectivity index (χ4n) is 2.17. The lowest BCUT2D eigenvalue weighted by atomic mass is 10.1. The van der Waals surface area contributed by atoms with E-state index in [0.717, 1.165) is 5.56 Å². The van der Waals surface area contributed by atoms with E-state index in [2.05, 4.69) is 20.7 Å². The third kappa shape index (κ3) is 2.47. The number of nitrogens with one attached hydrogen (secondary N) is 2. The molecule has 0 radical (unpaired) electrons. The van der Waals surface area contributed by atoms with Gasteiger partial charge in [0.1, 0.15) is 12.4 Å². The van der Waals surface area contributed by atoms with Gasteiger partial charge in [0.05, 0.1) is 6.42 Å². The summed E-state index contributed by atoms with van der Waals surface area (Å²) in [5.41, 5.74) is 1.41. The molecule has 1 aromatic carbocycles. The van der Waals surface area contributed by atoms with Crippen molar-refractivity contribution >= 4 is 35.1 Å². The molecule has 1 aromatic heterocycles. The monoisotopic (exact) mass is 305 g/mol. The van der Waals surface area contributed by atoms with E-state index < -0.39 is 6.04 Å². The summed E-state index contributed by atoms with van der Waals surface area (Å²) in [5, 5.41) is 9.84. The van der Waals surface area contributed by atoms with E-state index in [1.807, 2.05) is 6.92 Å². The number of hydrogen-bond donors (Lipinski definition) is 2. The minimum absolute atomic E-state index is 0.0197. The first-order valence-electron chi connectivity index (χ1n) is 6.31. The van der Waals surface area contributed by atoms with Crippen LogP contribution in [0.25, 0.3) is 0 Å². The smallest absolute Gasteiger partial charge is 0.252 e. The van der Waals surface area contributed by atoms with Gasteiger partial charge in [-0.2, -0.15) is 10.1 Å². The first kappa shape index (κ1) is 13.6. The van der Waals surface area contributed by atoms with E-state index in [9.17, 15) is 9.59 Å². The fourth-order valence-corrected chi connectivity index (χ4v) is 2.35. The Kier molecular flexibility index (Phi) is 3.34. The number of hydrogen-bond acceptors (Lipinski definition) is 4. The van der Waals surface area contributed by atoms with Crippen LogP contribution in [-0.2, 0) is 9.59 Å². The molecule has 0 bridgehead atoms. The molecule has 0 fully saturated rings. The van der Waals surface area contributed by atoms with Crippen LogP contribution in [0.15, 0.2) is 24.5 Å². The van der Waals surface area contributed by atoms with Gasteiger partial charge in [0.15, 0.2) is 0 Å². The Morgan fingerprint density at radius 3 is 3.14 bits per heavy atom. The maximum Gasteiger partial charge on any atom is 0.252 e. The van der Waals surface area contributed by atoms with Gasteiger partial charge in [0.2, 0.25) is 11.9 Å². The highest BCUT2D eigenvalue weighted by Crippen LogP contribution is 2.26. The molecule has 1 atom stereocenters. The van der Waals surface area contributed by atoms with Crippen molar-refractivity contribution in [1.82, 2.24) is 14.8 Å². The summed E-state index contributed by atoms with van der Waals surface area (Å²) in [6, 6.07) is 4.58. The average molecular weight is 306 g/mol. The van der Waals surface area contributed by atoms with Crippen molar-refractivity contribution in [3.05, 3.63) is 35.1 Å². The van der Waals surface area contributed by atoms with Gasteiger partial charge in [-0.3, -0.25) is 14.9 Å². The predicted octanol–water partition coefficient (Wildman–Crippen LogP) is 1.76. The minimum atomic E-state index is -0.679. The Balaban J connectivity index is 1.73. The largest absolute Gasteiger partial charge is 0.326 e. The normalized spacial score (nSPS) is 16.5. The highest BCUT2D eigenvalue weighted by Gasteiger charge is 2.33. The maximum atomic E-state index is 12.1. The second-order valence-corrected chi connectivity index (χ2v) is 5.11. The Hall–Kier alpha value is -2.41. The molecule has 2 heterocycles. The molecule has 0 unspecified atom stereocenters. The minimum Gasteiger partial charge on any atom is -0.326 e. The highest BCUT2D eigenvalue weighted by atomic mass is 35.5. The second kappa shape index (κ2) is 5.17. The van der Waals surface area contributed by atoms with E-state index in [1.165, 1.54) is 11.0 Å². The Bertz CT molecular complexity index is 727. The van der Waals surface area contributed by atoms with Gasteiger partial charge in [-0.1, -0.05) is 17.7 Å². The number of anilines is 2. The molecular formula is C13H12ClN5O2. The van der Waals surface area contributed by atoms with Gasteiger partial charge in [-0.15, -0.1) is 0 Å². The van der Waals surface area contributed by atoms with Crippen LogP contribution in [0, 0.1) is 6.92 Å². The summed E-state index contributed by atoms with van der Waals surface area (Å²) in [6.07, 6.45) is 1.31. The molecule has 108 valence electrons. The van der Waals surface area contributed by atoms with Gasteiger partial charge in [-0.25, -0.2) is 4.68 Å². The highest BCUT2D eigenvalue weighted by molar-refractivity contribution is 6.31. The predicted molar refractivity (Wildman–Crippen MR) is 77.1 cm³/mol. The average Bonchev–Trinajstić information content (AvgIpc) is 2.99. The molecule has 8 heteroatoms. The molecule has 21 heavy (non-hydrogen) atoms. The zero-order valence-corrected chi connectivity index (χ0v) is 11.9. The van der Waals surface area contributed by atoms with Crippen molar-refractivity contribution in [3.63, 3.8) is 0 Å². The van der Waals surface area contributed by atoms with Gasteiger partial charge < -0.3 is 5.32 Å². The molecule has 3 rings (SSSR count). The number of nitrogens with zero attached hydrogens (tertiary/aromatic N) is 3. The fraction of sp³-hybridized carbons (Fsp3) is 0.231. The molecular weight excluding hydrogens is 294 g/mol. The molecule has 7 nitrogen and oxygen atoms in total. The second-order valence-electron chi connectivity index (χ2n) is 4.70. The number of carbonyl (C=O) groups is 2. The number of benzene rings is 1. The summed E-state index contributed by atoms with van der Waals surface area (Å²) in [7, 11) is 0. The van der Waals surface area contributed by atoms with Crippen LogP contribution in [0.1, 0.15) is 18.0 Å². The molecule has 0 spiro atoms. The molecule has 2 aromatic rings. The van der Waals surface area contributed by atoms with E-state index in [0.29, 0.717) is 16.7 Å². The lowest BCUT2D eigenvalue weighted by Crippen LogP contribution is -2.23. The molecule has 0 aliphatic carbocycles. The van der Waals surface area contributed by atoms with Crippen molar-refractivity contribution in [2.24, 2.45) is 0 Å². The number of halogens is 1. The molecule has 1 aliphatic heterocycles. The van der Waals surface area contributed by atoms with Crippen LogP contribution in [0.5, 0.6) is 0 Å². The van der Waals surface area contributed by atoms with E-state index >= 15 is 0 Å². The van der Waals surface area contributed by atoms with Crippen molar-refractivity contribution < 1.29 is 9.59 Å². The van der Waals surface area contributed by atoms with Crippen LogP contribution < -0.4 is 10.6 Å². The Morgan fingerprint density at radius 1 is 1.52 bits per heavy atom. The Morgan fingerprint density at radius 2 is 2.33 bits per heavy atom. The third-order valence-corrected chi connectivity index (χ3v) is 3.74. The molecule has 1 aliphatic rings. The maximum absolute atomic E-state index is 12.1. The standard InChI is InChI=1S/C13H12ClN5O2/c1-7-8(14)3-2-4-9(7)17-11(20)5-10-12(21)18-13-15-6-16-19(10)13/h2-4,6,10H,5H2,1H3,(H,17,20)(H,15,16,18,21)/t10-/m1/s1. The van der Waals surface area contributed by atoms with Gasteiger partial charge in [-0.05, 0) is 24.6 Å². The number of fused-ring (bicyclic) bond motifs is 1.